The van der Waals surface area contributed by atoms with Gasteiger partial charge in [0, 0.05) is 5.92 Å². The number of rotatable bonds is 2. The van der Waals surface area contributed by atoms with Gasteiger partial charge in [-0.2, -0.15) is 0 Å². The van der Waals surface area contributed by atoms with Crippen molar-refractivity contribution >= 4 is 0 Å². The van der Waals surface area contributed by atoms with Gasteiger partial charge in [-0.15, -0.1) is 0 Å². The molecule has 0 saturated heterocycles. The fourth-order valence-electron chi connectivity index (χ4n) is 0.160. The van der Waals surface area contributed by atoms with Crippen LogP contribution in [0.15, 0.2) is 0 Å². The minimum absolute atomic E-state index is 0.455. The van der Waals surface area contributed by atoms with Crippen LogP contribution in [-0.4, -0.2) is 17.6 Å². The Hall–Kier alpha value is -0.180. The Balaban J connectivity index is 0. The highest BCUT2D eigenvalue weighted by Gasteiger charge is 2.28. The van der Waals surface area contributed by atoms with Gasteiger partial charge in [-0.05, 0) is 6.92 Å². The molecular weight excluding hydrogens is 138 g/mol. The fourth-order valence-corrected chi connectivity index (χ4v) is 0.160. The third kappa shape index (κ3) is 5.95. The average molecular weight is 154 g/mol. The lowest BCUT2D eigenvalue weighted by molar-refractivity contribution is -0.0511. The molecule has 0 rings (SSSR count). The number of aliphatic hydroxyl groups excluding tert-OH is 1. The zero-order chi connectivity index (χ0) is 8.78. The molecule has 0 aliphatic carbocycles. The lowest BCUT2D eigenvalue weighted by Crippen LogP contribution is -2.24. The summed E-state index contributed by atoms with van der Waals surface area (Å²) in [6.07, 6.45) is 0. The van der Waals surface area contributed by atoms with Gasteiger partial charge in [-0.3, -0.25) is 0 Å². The van der Waals surface area contributed by atoms with Crippen LogP contribution in [0.3, 0.4) is 0 Å². The first-order valence-electron chi connectivity index (χ1n) is 3.47. The Bertz CT molecular complexity index is 68.5. The largest absolute Gasteiger partial charge is 0.396 e. The van der Waals surface area contributed by atoms with Gasteiger partial charge in [-0.1, -0.05) is 20.8 Å². The van der Waals surface area contributed by atoms with E-state index in [-0.39, 0.29) is 0 Å². The Morgan fingerprint density at radius 1 is 1.40 bits per heavy atom. The molecule has 0 saturated carbocycles. The zero-order valence-corrected chi connectivity index (χ0v) is 6.99. The van der Waals surface area contributed by atoms with Crippen LogP contribution in [0.25, 0.3) is 0 Å². The molecule has 0 aromatic carbocycles. The summed E-state index contributed by atoms with van der Waals surface area (Å²) in [5, 5.41) is 8.19. The van der Waals surface area contributed by atoms with Crippen molar-refractivity contribution in [1.82, 2.24) is 0 Å². The van der Waals surface area contributed by atoms with E-state index in [2.05, 4.69) is 0 Å². The van der Waals surface area contributed by atoms with E-state index >= 15 is 0 Å². The lowest BCUT2D eigenvalue weighted by atomic mass is 10.1. The summed E-state index contributed by atoms with van der Waals surface area (Å²) in [7, 11) is 0. The normalized spacial score (nSPS) is 13.5. The second-order valence-electron chi connectivity index (χ2n) is 2.04. The molecule has 0 spiro atoms. The minimum Gasteiger partial charge on any atom is -0.396 e. The summed E-state index contributed by atoms with van der Waals surface area (Å²) in [5.74, 6) is -3.67. The summed E-state index contributed by atoms with van der Waals surface area (Å²) in [6, 6.07) is 0. The quantitative estimate of drug-likeness (QED) is 0.647. The number of alkyl halides is 2. The average Bonchev–Trinajstić information content (AvgIpc) is 1.89. The van der Waals surface area contributed by atoms with Gasteiger partial charge >= 0.3 is 0 Å². The predicted molar refractivity (Wildman–Crippen MR) is 38.2 cm³/mol. The summed E-state index contributed by atoms with van der Waals surface area (Å²) < 4.78 is 23.9. The molecule has 1 atom stereocenters. The van der Waals surface area contributed by atoms with Crippen molar-refractivity contribution in [2.24, 2.45) is 5.92 Å². The van der Waals surface area contributed by atoms with Gasteiger partial charge in [0.25, 0.3) is 0 Å². The summed E-state index contributed by atoms with van der Waals surface area (Å²) in [6.45, 7) is 5.65. The highest BCUT2D eigenvalue weighted by Crippen LogP contribution is 2.21. The second-order valence-corrected chi connectivity index (χ2v) is 2.04. The number of hydrogen-bond acceptors (Lipinski definition) is 1. The molecule has 0 heterocycles. The standard InChI is InChI=1S/C5H10F2O.C2H6/c1-4(3-8)5(2,6)7;1-2/h4,8H,3H2,1-2H3;1-2H3. The minimum atomic E-state index is -2.74. The topological polar surface area (TPSA) is 20.2 Å². The van der Waals surface area contributed by atoms with Crippen molar-refractivity contribution in [2.75, 3.05) is 6.61 Å². The van der Waals surface area contributed by atoms with Crippen molar-refractivity contribution in [3.63, 3.8) is 0 Å². The van der Waals surface area contributed by atoms with Gasteiger partial charge in [0.2, 0.25) is 5.92 Å². The molecule has 1 unspecified atom stereocenters. The van der Waals surface area contributed by atoms with Crippen LogP contribution >= 0.6 is 0 Å². The van der Waals surface area contributed by atoms with E-state index in [0.29, 0.717) is 0 Å². The molecule has 0 bridgehead atoms. The lowest BCUT2D eigenvalue weighted by Gasteiger charge is -2.15. The molecule has 0 radical (unpaired) electrons. The zero-order valence-electron chi connectivity index (χ0n) is 6.99. The van der Waals surface area contributed by atoms with Gasteiger partial charge < -0.3 is 5.11 Å². The second kappa shape index (κ2) is 5.59. The van der Waals surface area contributed by atoms with E-state index in [1.807, 2.05) is 13.8 Å². The molecule has 1 N–H and O–H groups in total. The van der Waals surface area contributed by atoms with E-state index in [4.69, 9.17) is 5.11 Å². The maximum Gasteiger partial charge on any atom is 0.250 e. The summed E-state index contributed by atoms with van der Waals surface area (Å²) in [4.78, 5) is 0. The third-order valence-electron chi connectivity index (χ3n) is 1.14. The molecule has 0 fully saturated rings. The van der Waals surface area contributed by atoms with Gasteiger partial charge in [0.15, 0.2) is 0 Å². The monoisotopic (exact) mass is 154 g/mol. The summed E-state index contributed by atoms with van der Waals surface area (Å²) >= 11 is 0. The highest BCUT2D eigenvalue weighted by molar-refractivity contribution is 4.65. The van der Waals surface area contributed by atoms with Crippen LogP contribution in [0.4, 0.5) is 8.78 Å². The van der Waals surface area contributed by atoms with E-state index in [1.54, 1.807) is 0 Å². The first-order valence-corrected chi connectivity index (χ1v) is 3.47. The smallest absolute Gasteiger partial charge is 0.250 e. The van der Waals surface area contributed by atoms with Crippen molar-refractivity contribution < 1.29 is 13.9 Å². The van der Waals surface area contributed by atoms with Crippen molar-refractivity contribution in [3.8, 4) is 0 Å². The Labute approximate surface area is 61.1 Å². The van der Waals surface area contributed by atoms with E-state index in [1.165, 1.54) is 6.92 Å². The first kappa shape index (κ1) is 12.5. The molecule has 0 aromatic rings. The van der Waals surface area contributed by atoms with Crippen LogP contribution in [0.1, 0.15) is 27.7 Å². The molecule has 0 aliphatic heterocycles. The van der Waals surface area contributed by atoms with Crippen molar-refractivity contribution in [3.05, 3.63) is 0 Å². The van der Waals surface area contributed by atoms with Gasteiger partial charge in [0.1, 0.15) is 0 Å². The molecule has 3 heteroatoms. The molecule has 1 nitrogen and oxygen atoms in total. The van der Waals surface area contributed by atoms with Gasteiger partial charge in [-0.25, -0.2) is 8.78 Å². The highest BCUT2D eigenvalue weighted by atomic mass is 19.3. The fraction of sp³-hybridized carbons (Fsp3) is 1.00. The van der Waals surface area contributed by atoms with Crippen LogP contribution in [-0.2, 0) is 0 Å². The molecule has 0 aromatic heterocycles. The Morgan fingerprint density at radius 3 is 1.70 bits per heavy atom. The molecule has 0 amide bonds. The van der Waals surface area contributed by atoms with Crippen molar-refractivity contribution in [2.45, 2.75) is 33.6 Å². The maximum absolute atomic E-state index is 12.0. The van der Waals surface area contributed by atoms with E-state index < -0.39 is 18.4 Å². The molecule has 64 valence electrons. The Morgan fingerprint density at radius 2 is 1.70 bits per heavy atom. The molecular formula is C7H16F2O. The van der Waals surface area contributed by atoms with E-state index in [0.717, 1.165) is 6.92 Å². The van der Waals surface area contributed by atoms with Crippen LogP contribution in [0.5, 0.6) is 0 Å². The maximum atomic E-state index is 12.0. The molecule has 0 aliphatic rings. The van der Waals surface area contributed by atoms with Gasteiger partial charge in [0.05, 0.1) is 6.61 Å². The van der Waals surface area contributed by atoms with Crippen molar-refractivity contribution in [1.29, 1.82) is 0 Å². The van der Waals surface area contributed by atoms with E-state index in [9.17, 15) is 8.78 Å². The first-order chi connectivity index (χ1) is 4.48. The van der Waals surface area contributed by atoms with Crippen LogP contribution in [0.2, 0.25) is 0 Å². The number of halogens is 2. The third-order valence-corrected chi connectivity index (χ3v) is 1.14. The predicted octanol–water partition coefficient (Wildman–Crippen LogP) is 2.30. The number of aliphatic hydroxyl groups is 1. The summed E-state index contributed by atoms with van der Waals surface area (Å²) in [5.41, 5.74) is 0. The SMILES string of the molecule is CC.CC(CO)C(C)(F)F. The van der Waals surface area contributed by atoms with Crippen LogP contribution in [0, 0.1) is 5.92 Å². The number of hydrogen-bond donors (Lipinski definition) is 1. The molecule has 10 heavy (non-hydrogen) atoms. The Kier molecular flexibility index (Phi) is 6.99. The van der Waals surface area contributed by atoms with Crippen LogP contribution < -0.4 is 0 Å².